The fourth-order valence-electron chi connectivity index (χ4n) is 1.54. The highest BCUT2D eigenvalue weighted by Gasteiger charge is 2.10. The smallest absolute Gasteiger partial charge is 0.275 e. The number of nitrogens with two attached hydrogens (primary N) is 1. The van der Waals surface area contributed by atoms with Crippen molar-refractivity contribution < 1.29 is 9.66 Å². The number of nitrogens with zero attached hydrogens (tertiary/aromatic N) is 2. The minimum Gasteiger partial charge on any atom is -0.457 e. The number of nitro groups is 1. The molecule has 2 aromatic rings. The first-order valence-electron chi connectivity index (χ1n) is 5.31. The molecule has 0 saturated carbocycles. The number of nitro benzene ring substituents is 1. The van der Waals surface area contributed by atoms with Gasteiger partial charge >= 0.3 is 0 Å². The number of hydrogen-bond acceptors (Lipinski definition) is 5. The van der Waals surface area contributed by atoms with Gasteiger partial charge in [-0.3, -0.25) is 10.1 Å². The van der Waals surface area contributed by atoms with E-state index in [9.17, 15) is 10.1 Å². The van der Waals surface area contributed by atoms with Crippen LogP contribution in [0.25, 0.3) is 0 Å². The third-order valence-electron chi connectivity index (χ3n) is 2.32. The van der Waals surface area contributed by atoms with Gasteiger partial charge in [-0.15, -0.1) is 0 Å². The van der Waals surface area contributed by atoms with E-state index < -0.39 is 4.92 Å². The minimum absolute atomic E-state index is 0.147. The van der Waals surface area contributed by atoms with E-state index in [1.165, 1.54) is 24.3 Å². The van der Waals surface area contributed by atoms with Gasteiger partial charge < -0.3 is 10.5 Å². The van der Waals surface area contributed by atoms with Gasteiger partial charge in [0.15, 0.2) is 0 Å². The Morgan fingerprint density at radius 2 is 2.00 bits per heavy atom. The molecule has 0 saturated heterocycles. The van der Waals surface area contributed by atoms with Gasteiger partial charge in [0.05, 0.1) is 22.6 Å². The van der Waals surface area contributed by atoms with Gasteiger partial charge in [-0.2, -0.15) is 5.26 Å². The van der Waals surface area contributed by atoms with Crippen molar-refractivity contribution in [3.63, 3.8) is 0 Å². The summed E-state index contributed by atoms with van der Waals surface area (Å²) in [7, 11) is 0. The highest BCUT2D eigenvalue weighted by atomic mass is 16.6. The summed E-state index contributed by atoms with van der Waals surface area (Å²) in [6, 6.07) is 12.5. The fourth-order valence-corrected chi connectivity index (χ4v) is 1.54. The largest absolute Gasteiger partial charge is 0.457 e. The summed E-state index contributed by atoms with van der Waals surface area (Å²) >= 11 is 0. The lowest BCUT2D eigenvalue weighted by Gasteiger charge is -2.06. The Kier molecular flexibility index (Phi) is 3.30. The molecular weight excluding hydrogens is 246 g/mol. The predicted molar refractivity (Wildman–Crippen MR) is 68.7 cm³/mol. The minimum atomic E-state index is -0.547. The van der Waals surface area contributed by atoms with E-state index in [4.69, 9.17) is 15.7 Å². The van der Waals surface area contributed by atoms with Crippen LogP contribution in [0.5, 0.6) is 11.5 Å². The Labute approximate surface area is 108 Å². The Bertz CT molecular complexity index is 677. The van der Waals surface area contributed by atoms with Gasteiger partial charge in [-0.25, -0.2) is 0 Å². The highest BCUT2D eigenvalue weighted by molar-refractivity contribution is 5.54. The van der Waals surface area contributed by atoms with Crippen LogP contribution in [0, 0.1) is 21.4 Å². The van der Waals surface area contributed by atoms with Gasteiger partial charge in [0.2, 0.25) is 0 Å². The number of hydrogen-bond donors (Lipinski definition) is 1. The molecule has 0 bridgehead atoms. The number of ether oxygens (including phenoxy) is 1. The second kappa shape index (κ2) is 5.06. The molecule has 2 aromatic carbocycles. The zero-order valence-corrected chi connectivity index (χ0v) is 9.74. The van der Waals surface area contributed by atoms with E-state index in [0.29, 0.717) is 11.3 Å². The van der Waals surface area contributed by atoms with E-state index in [0.717, 1.165) is 0 Å². The number of non-ortho nitro benzene ring substituents is 1. The Morgan fingerprint density at radius 3 is 2.68 bits per heavy atom. The molecule has 0 radical (unpaired) electrons. The van der Waals surface area contributed by atoms with Crippen LogP contribution in [0.15, 0.2) is 42.5 Å². The third kappa shape index (κ3) is 2.98. The first-order chi connectivity index (χ1) is 9.08. The number of rotatable bonds is 3. The van der Waals surface area contributed by atoms with Crippen molar-refractivity contribution in [1.29, 1.82) is 5.26 Å². The second-order valence-corrected chi connectivity index (χ2v) is 3.76. The Balaban J connectivity index is 2.33. The molecule has 0 atom stereocenters. The molecule has 6 heteroatoms. The normalized spacial score (nSPS) is 9.63. The van der Waals surface area contributed by atoms with Gasteiger partial charge in [-0.05, 0) is 18.2 Å². The van der Waals surface area contributed by atoms with Crippen LogP contribution in [-0.2, 0) is 0 Å². The Hall–Kier alpha value is -3.07. The lowest BCUT2D eigenvalue weighted by atomic mass is 10.2. The van der Waals surface area contributed by atoms with Crippen molar-refractivity contribution in [3.8, 4) is 17.6 Å². The molecule has 0 spiro atoms. The average Bonchev–Trinajstić information content (AvgIpc) is 2.38. The maximum atomic E-state index is 10.7. The van der Waals surface area contributed by atoms with Crippen molar-refractivity contribution in [2.75, 3.05) is 5.73 Å². The van der Waals surface area contributed by atoms with E-state index >= 15 is 0 Å². The quantitative estimate of drug-likeness (QED) is 0.516. The molecule has 0 aliphatic carbocycles. The van der Waals surface area contributed by atoms with Crippen LogP contribution < -0.4 is 10.5 Å². The molecule has 2 rings (SSSR count). The standard InChI is InChI=1S/C13H9N3O3/c14-8-9-2-1-3-12(4-9)19-13-6-10(15)5-11(7-13)16(17)18/h1-7H,15H2. The lowest BCUT2D eigenvalue weighted by molar-refractivity contribution is -0.384. The molecule has 0 aliphatic heterocycles. The predicted octanol–water partition coefficient (Wildman–Crippen LogP) is 2.84. The monoisotopic (exact) mass is 255 g/mol. The zero-order chi connectivity index (χ0) is 13.8. The molecule has 0 amide bonds. The van der Waals surface area contributed by atoms with Crippen molar-refractivity contribution in [2.45, 2.75) is 0 Å². The number of benzene rings is 2. The number of nitrogen functional groups attached to an aromatic ring is 1. The molecule has 0 fully saturated rings. The molecule has 6 nitrogen and oxygen atoms in total. The molecule has 19 heavy (non-hydrogen) atoms. The van der Waals surface area contributed by atoms with Crippen molar-refractivity contribution in [2.24, 2.45) is 0 Å². The number of anilines is 1. The van der Waals surface area contributed by atoms with E-state index in [-0.39, 0.29) is 17.1 Å². The summed E-state index contributed by atoms with van der Waals surface area (Å²) in [4.78, 5) is 10.2. The van der Waals surface area contributed by atoms with Crippen molar-refractivity contribution >= 4 is 11.4 Å². The van der Waals surface area contributed by atoms with Crippen LogP contribution in [0.3, 0.4) is 0 Å². The van der Waals surface area contributed by atoms with Gasteiger partial charge in [0.25, 0.3) is 5.69 Å². The van der Waals surface area contributed by atoms with Crippen molar-refractivity contribution in [3.05, 3.63) is 58.1 Å². The second-order valence-electron chi connectivity index (χ2n) is 3.76. The maximum absolute atomic E-state index is 10.7. The summed E-state index contributed by atoms with van der Waals surface area (Å²) in [6.45, 7) is 0. The van der Waals surface area contributed by atoms with Crippen LogP contribution in [0.4, 0.5) is 11.4 Å². The molecule has 0 aliphatic rings. The zero-order valence-electron chi connectivity index (χ0n) is 9.74. The summed E-state index contributed by atoms with van der Waals surface area (Å²) in [6.07, 6.45) is 0. The van der Waals surface area contributed by atoms with Crippen LogP contribution >= 0.6 is 0 Å². The van der Waals surface area contributed by atoms with Crippen LogP contribution in [-0.4, -0.2) is 4.92 Å². The van der Waals surface area contributed by atoms with Gasteiger partial charge in [-0.1, -0.05) is 6.07 Å². The van der Waals surface area contributed by atoms with Crippen LogP contribution in [0.2, 0.25) is 0 Å². The Morgan fingerprint density at radius 1 is 1.21 bits per heavy atom. The molecule has 94 valence electrons. The number of nitriles is 1. The lowest BCUT2D eigenvalue weighted by Crippen LogP contribution is -1.93. The molecule has 0 unspecified atom stereocenters. The summed E-state index contributed by atoms with van der Waals surface area (Å²) < 4.78 is 5.46. The molecular formula is C13H9N3O3. The first kappa shape index (κ1) is 12.4. The maximum Gasteiger partial charge on any atom is 0.275 e. The van der Waals surface area contributed by atoms with Gasteiger partial charge in [0.1, 0.15) is 11.5 Å². The fraction of sp³-hybridized carbons (Fsp3) is 0. The van der Waals surface area contributed by atoms with Gasteiger partial charge in [0, 0.05) is 17.8 Å². The third-order valence-corrected chi connectivity index (χ3v) is 2.32. The van der Waals surface area contributed by atoms with Crippen molar-refractivity contribution in [1.82, 2.24) is 0 Å². The topological polar surface area (TPSA) is 102 Å². The average molecular weight is 255 g/mol. The SMILES string of the molecule is N#Cc1cccc(Oc2cc(N)cc([N+](=O)[O-])c2)c1. The summed E-state index contributed by atoms with van der Waals surface area (Å²) in [5.74, 6) is 0.667. The highest BCUT2D eigenvalue weighted by Crippen LogP contribution is 2.28. The van der Waals surface area contributed by atoms with E-state index in [1.54, 1.807) is 18.2 Å². The van der Waals surface area contributed by atoms with E-state index in [2.05, 4.69) is 0 Å². The summed E-state index contributed by atoms with van der Waals surface area (Å²) in [5.41, 5.74) is 6.10. The first-order valence-corrected chi connectivity index (χ1v) is 5.31. The van der Waals surface area contributed by atoms with Crippen LogP contribution in [0.1, 0.15) is 5.56 Å². The summed E-state index contributed by atoms with van der Waals surface area (Å²) in [5, 5.41) is 19.5. The molecule has 0 heterocycles. The molecule has 2 N–H and O–H groups in total. The van der Waals surface area contributed by atoms with E-state index in [1.807, 2.05) is 6.07 Å². The molecule has 0 aromatic heterocycles.